The summed E-state index contributed by atoms with van der Waals surface area (Å²) in [7, 11) is -3.70. The van der Waals surface area contributed by atoms with Crippen LogP contribution in [0.4, 0.5) is 10.1 Å². The van der Waals surface area contributed by atoms with Gasteiger partial charge in [-0.1, -0.05) is 27.7 Å². The summed E-state index contributed by atoms with van der Waals surface area (Å²) >= 11 is 0. The zero-order valence-electron chi connectivity index (χ0n) is 12.2. The number of nitrogens with two attached hydrogens (primary N) is 1. The lowest BCUT2D eigenvalue weighted by Gasteiger charge is -2.08. The molecule has 0 aromatic heterocycles. The second kappa shape index (κ2) is 4.43. The number of hydrogen-bond acceptors (Lipinski definition) is 3. The van der Waals surface area contributed by atoms with Crippen molar-refractivity contribution in [2.24, 2.45) is 16.7 Å². The van der Waals surface area contributed by atoms with Gasteiger partial charge in [-0.15, -0.1) is 0 Å². The average Bonchev–Trinajstić information content (AvgIpc) is 2.70. The molecular formula is C14H21FN2O2S. The molecule has 1 aliphatic carbocycles. The first kappa shape index (κ1) is 15.3. The molecule has 2 rings (SSSR count). The highest BCUT2D eigenvalue weighted by molar-refractivity contribution is 7.89. The van der Waals surface area contributed by atoms with E-state index in [9.17, 15) is 12.8 Å². The van der Waals surface area contributed by atoms with E-state index in [1.54, 1.807) is 0 Å². The van der Waals surface area contributed by atoms with E-state index in [0.29, 0.717) is 6.54 Å². The van der Waals surface area contributed by atoms with Crippen molar-refractivity contribution in [3.8, 4) is 0 Å². The van der Waals surface area contributed by atoms with E-state index >= 15 is 0 Å². The standard InChI is InChI=1S/C14H21FN2O2S/c1-13(2)12(14(13,3)4)8-17-20(18,19)9-5-6-11(16)10(15)7-9/h5-7,12,17H,8,16H2,1-4H3. The minimum Gasteiger partial charge on any atom is -0.396 e. The van der Waals surface area contributed by atoms with Gasteiger partial charge >= 0.3 is 0 Å². The lowest BCUT2D eigenvalue weighted by molar-refractivity contribution is 0.457. The van der Waals surface area contributed by atoms with Gasteiger partial charge in [0.2, 0.25) is 10.0 Å². The van der Waals surface area contributed by atoms with Crippen LogP contribution in [0.25, 0.3) is 0 Å². The zero-order valence-corrected chi connectivity index (χ0v) is 13.0. The van der Waals surface area contributed by atoms with Gasteiger partial charge in [0.1, 0.15) is 5.82 Å². The Balaban J connectivity index is 2.11. The molecule has 0 radical (unpaired) electrons. The lowest BCUT2D eigenvalue weighted by Crippen LogP contribution is -2.27. The summed E-state index contributed by atoms with van der Waals surface area (Å²) in [6.45, 7) is 8.84. The fourth-order valence-corrected chi connectivity index (χ4v) is 3.85. The van der Waals surface area contributed by atoms with Crippen molar-refractivity contribution in [2.75, 3.05) is 12.3 Å². The lowest BCUT2D eigenvalue weighted by atomic mass is 10.0. The van der Waals surface area contributed by atoms with Crippen molar-refractivity contribution in [1.29, 1.82) is 0 Å². The van der Waals surface area contributed by atoms with Crippen LogP contribution in [-0.2, 0) is 10.0 Å². The first-order valence-corrected chi connectivity index (χ1v) is 8.03. The maximum absolute atomic E-state index is 13.3. The minimum atomic E-state index is -3.70. The highest BCUT2D eigenvalue weighted by atomic mass is 32.2. The fraction of sp³-hybridized carbons (Fsp3) is 0.571. The third-order valence-electron chi connectivity index (χ3n) is 5.08. The van der Waals surface area contributed by atoms with Gasteiger partial charge in [0, 0.05) is 6.54 Å². The summed E-state index contributed by atoms with van der Waals surface area (Å²) < 4.78 is 40.2. The molecule has 0 bridgehead atoms. The number of hydrogen-bond donors (Lipinski definition) is 2. The molecule has 0 amide bonds. The van der Waals surface area contributed by atoms with Crippen molar-refractivity contribution in [3.63, 3.8) is 0 Å². The topological polar surface area (TPSA) is 72.2 Å². The van der Waals surface area contributed by atoms with E-state index in [1.807, 2.05) is 0 Å². The van der Waals surface area contributed by atoms with Gasteiger partial charge in [-0.2, -0.15) is 0 Å². The van der Waals surface area contributed by atoms with Gasteiger partial charge in [-0.3, -0.25) is 0 Å². The van der Waals surface area contributed by atoms with Crippen LogP contribution >= 0.6 is 0 Å². The maximum Gasteiger partial charge on any atom is 0.240 e. The number of sulfonamides is 1. The quantitative estimate of drug-likeness (QED) is 0.839. The molecule has 20 heavy (non-hydrogen) atoms. The Kier molecular flexibility index (Phi) is 3.38. The maximum atomic E-state index is 13.3. The van der Waals surface area contributed by atoms with E-state index in [-0.39, 0.29) is 27.3 Å². The van der Waals surface area contributed by atoms with Crippen molar-refractivity contribution < 1.29 is 12.8 Å². The minimum absolute atomic E-state index is 0.0617. The van der Waals surface area contributed by atoms with Gasteiger partial charge < -0.3 is 5.73 Å². The number of nitrogens with one attached hydrogen (secondary N) is 1. The third kappa shape index (κ3) is 2.31. The van der Waals surface area contributed by atoms with Crippen LogP contribution < -0.4 is 10.5 Å². The molecular weight excluding hydrogens is 279 g/mol. The molecule has 0 atom stereocenters. The molecule has 0 heterocycles. The summed E-state index contributed by atoms with van der Waals surface area (Å²) in [4.78, 5) is -0.0968. The molecule has 1 aromatic rings. The molecule has 112 valence electrons. The highest BCUT2D eigenvalue weighted by Crippen LogP contribution is 2.67. The Morgan fingerprint density at radius 2 is 1.80 bits per heavy atom. The molecule has 0 spiro atoms. The Morgan fingerprint density at radius 3 is 2.25 bits per heavy atom. The number of nitrogen functional groups attached to an aromatic ring is 1. The largest absolute Gasteiger partial charge is 0.396 e. The molecule has 0 unspecified atom stereocenters. The molecule has 0 saturated heterocycles. The second-order valence-corrected chi connectivity index (χ2v) is 8.30. The van der Waals surface area contributed by atoms with E-state index in [1.165, 1.54) is 12.1 Å². The van der Waals surface area contributed by atoms with Crippen LogP contribution in [0, 0.1) is 22.6 Å². The van der Waals surface area contributed by atoms with Crippen molar-refractivity contribution in [2.45, 2.75) is 32.6 Å². The number of rotatable bonds is 4. The van der Waals surface area contributed by atoms with E-state index in [0.717, 1.165) is 6.07 Å². The van der Waals surface area contributed by atoms with Crippen molar-refractivity contribution >= 4 is 15.7 Å². The molecule has 3 N–H and O–H groups in total. The SMILES string of the molecule is CC1(C)C(CNS(=O)(=O)c2ccc(N)c(F)c2)C1(C)C. The fourth-order valence-electron chi connectivity index (χ4n) is 2.79. The molecule has 1 saturated carbocycles. The Morgan fingerprint density at radius 1 is 1.25 bits per heavy atom. The van der Waals surface area contributed by atoms with Crippen LogP contribution in [-0.4, -0.2) is 15.0 Å². The zero-order chi connectivity index (χ0) is 15.3. The molecule has 0 aliphatic heterocycles. The van der Waals surface area contributed by atoms with Crippen LogP contribution in [0.3, 0.4) is 0 Å². The van der Waals surface area contributed by atoms with Crippen molar-refractivity contribution in [3.05, 3.63) is 24.0 Å². The van der Waals surface area contributed by atoms with Gasteiger partial charge in [0.25, 0.3) is 0 Å². The second-order valence-electron chi connectivity index (χ2n) is 6.53. The van der Waals surface area contributed by atoms with E-state index < -0.39 is 15.8 Å². The molecule has 1 aromatic carbocycles. The van der Waals surface area contributed by atoms with Gasteiger partial charge in [0.05, 0.1) is 10.6 Å². The van der Waals surface area contributed by atoms with Gasteiger partial charge in [-0.05, 0) is 34.9 Å². The van der Waals surface area contributed by atoms with Crippen molar-refractivity contribution in [1.82, 2.24) is 4.72 Å². The molecule has 4 nitrogen and oxygen atoms in total. The summed E-state index contributed by atoms with van der Waals surface area (Å²) in [5.74, 6) is -0.455. The van der Waals surface area contributed by atoms with Gasteiger partial charge in [-0.25, -0.2) is 17.5 Å². The summed E-state index contributed by atoms with van der Waals surface area (Å²) in [6.07, 6.45) is 0. The van der Waals surface area contributed by atoms with E-state index in [2.05, 4.69) is 32.4 Å². The predicted octanol–water partition coefficient (Wildman–Crippen LogP) is 2.37. The third-order valence-corrected chi connectivity index (χ3v) is 6.50. The molecule has 1 fully saturated rings. The average molecular weight is 300 g/mol. The summed E-state index contributed by atoms with van der Waals surface area (Å²) in [5.41, 5.74) is 5.48. The van der Waals surface area contributed by atoms with Crippen LogP contribution in [0.1, 0.15) is 27.7 Å². The smallest absolute Gasteiger partial charge is 0.240 e. The summed E-state index contributed by atoms with van der Waals surface area (Å²) in [6, 6.07) is 3.51. The molecule has 1 aliphatic rings. The first-order chi connectivity index (χ1) is 9.00. The van der Waals surface area contributed by atoms with Gasteiger partial charge in [0.15, 0.2) is 0 Å². The summed E-state index contributed by atoms with van der Waals surface area (Å²) in [5, 5.41) is 0. The highest BCUT2D eigenvalue weighted by Gasteiger charge is 2.64. The molecule has 6 heteroatoms. The van der Waals surface area contributed by atoms with E-state index in [4.69, 9.17) is 5.73 Å². The first-order valence-electron chi connectivity index (χ1n) is 6.55. The monoisotopic (exact) mass is 300 g/mol. The number of halogens is 1. The Bertz CT molecular complexity index is 625. The Labute approximate surface area is 119 Å². The normalized spacial score (nSPS) is 20.9. The predicted molar refractivity (Wildman–Crippen MR) is 77.1 cm³/mol. The van der Waals surface area contributed by atoms with Crippen LogP contribution in [0.15, 0.2) is 23.1 Å². The number of anilines is 1. The number of benzene rings is 1. The Hall–Kier alpha value is -1.14. The van der Waals surface area contributed by atoms with Crippen LogP contribution in [0.2, 0.25) is 0 Å². The van der Waals surface area contributed by atoms with Crippen LogP contribution in [0.5, 0.6) is 0 Å².